The number of carbonyl (C=O) groups excluding carboxylic acids is 1. The minimum Gasteiger partial charge on any atom is -0.385 e. The summed E-state index contributed by atoms with van der Waals surface area (Å²) in [6.45, 7) is 5.20. The van der Waals surface area contributed by atoms with E-state index >= 15 is 0 Å². The molecule has 1 aromatic heterocycles. The molecule has 2 N–H and O–H groups in total. The van der Waals surface area contributed by atoms with Crippen LogP contribution in [-0.2, 0) is 4.74 Å². The maximum absolute atomic E-state index is 12.7. The van der Waals surface area contributed by atoms with Crippen molar-refractivity contribution in [1.29, 1.82) is 0 Å². The lowest BCUT2D eigenvalue weighted by atomic mass is 10.1. The van der Waals surface area contributed by atoms with Crippen LogP contribution in [0.4, 0.5) is 11.5 Å². The molecule has 0 saturated carbocycles. The molecule has 0 aliphatic carbocycles. The Morgan fingerprint density at radius 3 is 2.41 bits per heavy atom. The summed E-state index contributed by atoms with van der Waals surface area (Å²) in [5.41, 5.74) is 4.37. The SMILES string of the molecule is COCCCNC(=O)c1cc(Nc2c(C)cccc2C)nc(-c2ccccc2)n1. The monoisotopic (exact) mass is 390 g/mol. The molecule has 29 heavy (non-hydrogen) atoms. The molecule has 0 spiro atoms. The Morgan fingerprint density at radius 2 is 1.72 bits per heavy atom. The first-order valence-electron chi connectivity index (χ1n) is 9.63. The molecule has 3 rings (SSSR count). The lowest BCUT2D eigenvalue weighted by molar-refractivity contribution is 0.0943. The van der Waals surface area contributed by atoms with Gasteiger partial charge in [0, 0.05) is 37.6 Å². The fraction of sp³-hybridized carbons (Fsp3) is 0.261. The van der Waals surface area contributed by atoms with Gasteiger partial charge in [-0.05, 0) is 31.4 Å². The number of nitrogens with zero attached hydrogens (tertiary/aromatic N) is 2. The Labute approximate surface area is 171 Å². The summed E-state index contributed by atoms with van der Waals surface area (Å²) >= 11 is 0. The first-order chi connectivity index (χ1) is 14.1. The third kappa shape index (κ3) is 5.39. The van der Waals surface area contributed by atoms with Crippen molar-refractivity contribution < 1.29 is 9.53 Å². The zero-order valence-corrected chi connectivity index (χ0v) is 17.0. The van der Waals surface area contributed by atoms with Crippen molar-refractivity contribution in [3.8, 4) is 11.4 Å². The van der Waals surface area contributed by atoms with Gasteiger partial charge in [-0.2, -0.15) is 0 Å². The van der Waals surface area contributed by atoms with Crippen LogP contribution in [0, 0.1) is 13.8 Å². The second kappa shape index (κ2) is 9.80. The molecule has 0 aliphatic heterocycles. The van der Waals surface area contributed by atoms with E-state index in [4.69, 9.17) is 4.74 Å². The van der Waals surface area contributed by atoms with Crippen LogP contribution in [0.25, 0.3) is 11.4 Å². The average molecular weight is 390 g/mol. The first kappa shape index (κ1) is 20.5. The highest BCUT2D eigenvalue weighted by Gasteiger charge is 2.14. The molecule has 0 saturated heterocycles. The van der Waals surface area contributed by atoms with Gasteiger partial charge in [0.25, 0.3) is 5.91 Å². The van der Waals surface area contributed by atoms with E-state index in [1.54, 1.807) is 13.2 Å². The number of para-hydroxylation sites is 1. The van der Waals surface area contributed by atoms with Crippen LogP contribution < -0.4 is 10.6 Å². The quantitative estimate of drug-likeness (QED) is 0.562. The first-order valence-corrected chi connectivity index (χ1v) is 9.63. The number of hydrogen-bond donors (Lipinski definition) is 2. The van der Waals surface area contributed by atoms with Gasteiger partial charge < -0.3 is 15.4 Å². The molecule has 0 fully saturated rings. The number of hydrogen-bond acceptors (Lipinski definition) is 5. The van der Waals surface area contributed by atoms with Crippen LogP contribution in [0.1, 0.15) is 28.0 Å². The molecule has 6 heteroatoms. The maximum atomic E-state index is 12.7. The molecule has 0 radical (unpaired) electrons. The fourth-order valence-electron chi connectivity index (χ4n) is 2.99. The molecular formula is C23H26N4O2. The van der Waals surface area contributed by atoms with Crippen LogP contribution in [0.2, 0.25) is 0 Å². The van der Waals surface area contributed by atoms with E-state index in [0.717, 1.165) is 28.8 Å². The van der Waals surface area contributed by atoms with Crippen LogP contribution in [0.5, 0.6) is 0 Å². The van der Waals surface area contributed by atoms with Crippen molar-refractivity contribution in [3.05, 3.63) is 71.4 Å². The Balaban J connectivity index is 1.94. The van der Waals surface area contributed by atoms with Crippen LogP contribution in [-0.4, -0.2) is 36.1 Å². The normalized spacial score (nSPS) is 10.6. The molecule has 1 amide bonds. The molecular weight excluding hydrogens is 364 g/mol. The van der Waals surface area contributed by atoms with Gasteiger partial charge in [-0.15, -0.1) is 0 Å². The molecule has 0 atom stereocenters. The van der Waals surface area contributed by atoms with E-state index in [2.05, 4.69) is 20.6 Å². The number of aryl methyl sites for hydroxylation is 2. The van der Waals surface area contributed by atoms with E-state index in [0.29, 0.717) is 30.5 Å². The number of methoxy groups -OCH3 is 1. The second-order valence-corrected chi connectivity index (χ2v) is 6.82. The molecule has 2 aromatic carbocycles. The highest BCUT2D eigenvalue weighted by molar-refractivity contribution is 5.93. The Bertz CT molecular complexity index is 954. The zero-order chi connectivity index (χ0) is 20.6. The van der Waals surface area contributed by atoms with Crippen molar-refractivity contribution in [2.75, 3.05) is 25.6 Å². The van der Waals surface area contributed by atoms with E-state index in [9.17, 15) is 4.79 Å². The fourth-order valence-corrected chi connectivity index (χ4v) is 2.99. The summed E-state index contributed by atoms with van der Waals surface area (Å²) in [7, 11) is 1.64. The summed E-state index contributed by atoms with van der Waals surface area (Å²) in [5, 5.41) is 6.26. The third-order valence-electron chi connectivity index (χ3n) is 4.54. The summed E-state index contributed by atoms with van der Waals surface area (Å²) in [5.74, 6) is 0.854. The van der Waals surface area contributed by atoms with Gasteiger partial charge in [0.2, 0.25) is 0 Å². The van der Waals surface area contributed by atoms with Gasteiger partial charge in [-0.25, -0.2) is 9.97 Å². The Morgan fingerprint density at radius 1 is 1.00 bits per heavy atom. The average Bonchev–Trinajstić information content (AvgIpc) is 2.74. The number of carbonyl (C=O) groups is 1. The van der Waals surface area contributed by atoms with Crippen LogP contribution in [0.15, 0.2) is 54.6 Å². The van der Waals surface area contributed by atoms with E-state index < -0.39 is 0 Å². The van der Waals surface area contributed by atoms with E-state index in [-0.39, 0.29) is 5.91 Å². The van der Waals surface area contributed by atoms with Crippen molar-refractivity contribution in [2.24, 2.45) is 0 Å². The summed E-state index contributed by atoms with van der Waals surface area (Å²) < 4.78 is 5.03. The number of ether oxygens (including phenoxy) is 1. The van der Waals surface area contributed by atoms with E-state index in [1.165, 1.54) is 0 Å². The van der Waals surface area contributed by atoms with Crippen molar-refractivity contribution >= 4 is 17.4 Å². The highest BCUT2D eigenvalue weighted by Crippen LogP contribution is 2.25. The van der Waals surface area contributed by atoms with Gasteiger partial charge >= 0.3 is 0 Å². The topological polar surface area (TPSA) is 76.1 Å². The van der Waals surface area contributed by atoms with Gasteiger partial charge in [0.05, 0.1) is 0 Å². The van der Waals surface area contributed by atoms with Crippen LogP contribution in [0.3, 0.4) is 0 Å². The highest BCUT2D eigenvalue weighted by atomic mass is 16.5. The Kier molecular flexibility index (Phi) is 6.92. The van der Waals surface area contributed by atoms with Gasteiger partial charge in [0.1, 0.15) is 11.5 Å². The molecule has 1 heterocycles. The van der Waals surface area contributed by atoms with Crippen molar-refractivity contribution in [2.45, 2.75) is 20.3 Å². The van der Waals surface area contributed by atoms with E-state index in [1.807, 2.05) is 62.4 Å². The summed E-state index contributed by atoms with van der Waals surface area (Å²) in [6.07, 6.45) is 0.742. The largest absolute Gasteiger partial charge is 0.385 e. The van der Waals surface area contributed by atoms with Crippen LogP contribution >= 0.6 is 0 Å². The van der Waals surface area contributed by atoms with Gasteiger partial charge in [-0.1, -0.05) is 48.5 Å². The molecule has 6 nitrogen and oxygen atoms in total. The summed E-state index contributed by atoms with van der Waals surface area (Å²) in [4.78, 5) is 21.8. The van der Waals surface area contributed by atoms with Crippen molar-refractivity contribution in [1.82, 2.24) is 15.3 Å². The minimum atomic E-state index is -0.231. The lowest BCUT2D eigenvalue weighted by Gasteiger charge is -2.14. The molecule has 3 aromatic rings. The standard InChI is InChI=1S/C23H26N4O2/c1-16-9-7-10-17(2)21(16)26-20-15-19(23(28)24-13-8-14-29-3)25-22(27-20)18-11-5-4-6-12-18/h4-7,9-12,15H,8,13-14H2,1-3H3,(H,24,28)(H,25,26,27). The predicted octanol–water partition coefficient (Wildman–Crippen LogP) is 4.27. The third-order valence-corrected chi connectivity index (χ3v) is 4.54. The number of anilines is 2. The number of nitrogens with one attached hydrogen (secondary N) is 2. The maximum Gasteiger partial charge on any atom is 0.270 e. The number of benzene rings is 2. The Hall–Kier alpha value is -3.25. The number of amides is 1. The molecule has 0 bridgehead atoms. The number of aromatic nitrogens is 2. The summed E-state index contributed by atoms with van der Waals surface area (Å²) in [6, 6.07) is 17.4. The van der Waals surface area contributed by atoms with Gasteiger partial charge in [-0.3, -0.25) is 4.79 Å². The zero-order valence-electron chi connectivity index (χ0n) is 17.0. The van der Waals surface area contributed by atoms with Crippen molar-refractivity contribution in [3.63, 3.8) is 0 Å². The smallest absolute Gasteiger partial charge is 0.270 e. The lowest BCUT2D eigenvalue weighted by Crippen LogP contribution is -2.26. The number of rotatable bonds is 8. The molecule has 0 aliphatic rings. The minimum absolute atomic E-state index is 0.231. The molecule has 0 unspecified atom stereocenters. The molecule has 150 valence electrons. The van der Waals surface area contributed by atoms with Gasteiger partial charge in [0.15, 0.2) is 5.82 Å². The predicted molar refractivity (Wildman–Crippen MR) is 115 cm³/mol. The second-order valence-electron chi connectivity index (χ2n) is 6.82.